The van der Waals surface area contributed by atoms with Gasteiger partial charge in [-0.25, -0.2) is 9.59 Å². The van der Waals surface area contributed by atoms with E-state index >= 15 is 0 Å². The van der Waals surface area contributed by atoms with E-state index in [0.29, 0.717) is 18.5 Å². The molecule has 5 rings (SSSR count). The second-order valence-electron chi connectivity index (χ2n) is 13.0. The van der Waals surface area contributed by atoms with Gasteiger partial charge in [0.25, 0.3) is 0 Å². The molecule has 3 aromatic rings. The third-order valence-corrected chi connectivity index (χ3v) is 9.64. The summed E-state index contributed by atoms with van der Waals surface area (Å²) in [7, 11) is 0. The third-order valence-electron chi connectivity index (χ3n) is 9.64. The minimum atomic E-state index is -1.02. The molecule has 0 saturated carbocycles. The van der Waals surface area contributed by atoms with Crippen molar-refractivity contribution in [1.82, 2.24) is 15.5 Å². The van der Waals surface area contributed by atoms with Crippen molar-refractivity contribution in [2.45, 2.75) is 62.6 Å². The maximum atomic E-state index is 13.6. The molecule has 1 aliphatic carbocycles. The monoisotopic (exact) mass is 693 g/mol. The molecule has 3 aromatic carbocycles. The SMILES string of the molecule is C=CCCC(NC(=O)OCC1c2ccccc2-c2ccccc21)C(=O)OCC(NC(=O)C(CC=C)CC(=O)N1CCCC1CO)c1ccccc1. The van der Waals surface area contributed by atoms with Crippen LogP contribution >= 0.6 is 0 Å². The zero-order valence-corrected chi connectivity index (χ0v) is 28.9. The number of fused-ring (bicyclic) bond motifs is 3. The summed E-state index contributed by atoms with van der Waals surface area (Å²) in [4.78, 5) is 54.9. The Hall–Kier alpha value is -5.22. The molecule has 10 nitrogen and oxygen atoms in total. The number of nitrogens with zero attached hydrogens (tertiary/aromatic N) is 1. The molecule has 3 amide bonds. The van der Waals surface area contributed by atoms with Crippen molar-refractivity contribution in [2.24, 2.45) is 5.92 Å². The van der Waals surface area contributed by atoms with Crippen molar-refractivity contribution in [3.05, 3.63) is 121 Å². The summed E-state index contributed by atoms with van der Waals surface area (Å²) in [5.74, 6) is -2.09. The Labute approximate surface area is 299 Å². The van der Waals surface area contributed by atoms with Gasteiger partial charge in [-0.05, 0) is 59.9 Å². The Kier molecular flexibility index (Phi) is 13.2. The third kappa shape index (κ3) is 9.32. The number of hydrogen-bond donors (Lipinski definition) is 3. The molecule has 1 saturated heterocycles. The first-order valence-electron chi connectivity index (χ1n) is 17.6. The zero-order chi connectivity index (χ0) is 36.2. The summed E-state index contributed by atoms with van der Waals surface area (Å²) in [5.41, 5.74) is 5.08. The predicted molar refractivity (Wildman–Crippen MR) is 194 cm³/mol. The van der Waals surface area contributed by atoms with Crippen LogP contribution in [0.2, 0.25) is 0 Å². The number of alkyl carbamates (subject to hydrolysis) is 1. The van der Waals surface area contributed by atoms with Crippen LogP contribution in [0.4, 0.5) is 4.79 Å². The molecule has 10 heteroatoms. The van der Waals surface area contributed by atoms with Gasteiger partial charge in [0, 0.05) is 18.9 Å². The Morgan fingerprint density at radius 1 is 0.882 bits per heavy atom. The molecule has 1 heterocycles. The Balaban J connectivity index is 1.21. The van der Waals surface area contributed by atoms with Crippen LogP contribution in [0.25, 0.3) is 11.1 Å². The lowest BCUT2D eigenvalue weighted by molar-refractivity contribution is -0.147. The average Bonchev–Trinajstić information content (AvgIpc) is 3.77. The second kappa shape index (κ2) is 18.1. The molecule has 0 spiro atoms. The summed E-state index contributed by atoms with van der Waals surface area (Å²) in [6.45, 7) is 7.84. The topological polar surface area (TPSA) is 134 Å². The van der Waals surface area contributed by atoms with Crippen LogP contribution in [0, 0.1) is 5.92 Å². The van der Waals surface area contributed by atoms with E-state index in [9.17, 15) is 24.3 Å². The fourth-order valence-corrected chi connectivity index (χ4v) is 6.94. The lowest BCUT2D eigenvalue weighted by Gasteiger charge is -2.27. The Morgan fingerprint density at radius 2 is 1.55 bits per heavy atom. The van der Waals surface area contributed by atoms with Gasteiger partial charge < -0.3 is 30.1 Å². The number of esters is 1. The van der Waals surface area contributed by atoms with Gasteiger partial charge in [0.1, 0.15) is 19.3 Å². The van der Waals surface area contributed by atoms with Crippen LogP contribution in [0.5, 0.6) is 0 Å². The smallest absolute Gasteiger partial charge is 0.407 e. The van der Waals surface area contributed by atoms with Crippen molar-refractivity contribution in [3.63, 3.8) is 0 Å². The standard InChI is InChI=1S/C41H47N3O7/c1-3-5-22-36(43-41(49)51-26-35-33-20-11-9-18-31(33)32-19-10-12-21-34(32)35)40(48)50-27-37(28-15-7-6-8-16-28)42-39(47)29(14-4-2)24-38(46)44-23-13-17-30(44)25-45/h3-4,6-12,15-16,18-21,29-30,35-37,45H,1-2,5,13-14,17,22-27H2,(H,42,47)(H,43,49). The highest BCUT2D eigenvalue weighted by molar-refractivity contribution is 5.87. The fourth-order valence-electron chi connectivity index (χ4n) is 6.94. The first-order valence-corrected chi connectivity index (χ1v) is 17.6. The van der Waals surface area contributed by atoms with Gasteiger partial charge in [0.05, 0.1) is 24.6 Å². The van der Waals surface area contributed by atoms with Crippen LogP contribution in [0.1, 0.15) is 67.2 Å². The van der Waals surface area contributed by atoms with E-state index in [0.717, 1.165) is 35.1 Å². The van der Waals surface area contributed by atoms with Gasteiger partial charge in [-0.3, -0.25) is 9.59 Å². The summed E-state index contributed by atoms with van der Waals surface area (Å²) in [5, 5.41) is 15.3. The number of ether oxygens (including phenoxy) is 2. The van der Waals surface area contributed by atoms with Crippen LogP contribution in [-0.4, -0.2) is 72.3 Å². The molecule has 268 valence electrons. The molecule has 51 heavy (non-hydrogen) atoms. The highest BCUT2D eigenvalue weighted by Crippen LogP contribution is 2.44. The number of allylic oxidation sites excluding steroid dienone is 2. The number of amides is 3. The van der Waals surface area contributed by atoms with Gasteiger partial charge >= 0.3 is 12.1 Å². The molecule has 0 aromatic heterocycles. The first-order chi connectivity index (χ1) is 24.8. The molecule has 3 N–H and O–H groups in total. The lowest BCUT2D eigenvalue weighted by Crippen LogP contribution is -2.44. The molecule has 2 aliphatic rings. The fraction of sp³-hybridized carbons (Fsp3) is 0.366. The van der Waals surface area contributed by atoms with E-state index in [4.69, 9.17) is 9.47 Å². The zero-order valence-electron chi connectivity index (χ0n) is 28.9. The van der Waals surface area contributed by atoms with E-state index in [2.05, 4.69) is 35.9 Å². The van der Waals surface area contributed by atoms with Crippen LogP contribution in [0.15, 0.2) is 104 Å². The number of nitrogens with one attached hydrogen (secondary N) is 2. The molecular formula is C41H47N3O7. The van der Waals surface area contributed by atoms with Crippen molar-refractivity contribution in [3.8, 4) is 11.1 Å². The second-order valence-corrected chi connectivity index (χ2v) is 13.0. The van der Waals surface area contributed by atoms with Gasteiger partial charge in [-0.1, -0.05) is 91.0 Å². The maximum Gasteiger partial charge on any atom is 0.407 e. The molecule has 0 radical (unpaired) electrons. The number of benzene rings is 3. The van der Waals surface area contributed by atoms with Gasteiger partial charge in [0.15, 0.2) is 0 Å². The normalized spacial score (nSPS) is 16.6. The van der Waals surface area contributed by atoms with Crippen molar-refractivity contribution in [2.75, 3.05) is 26.4 Å². The number of carbonyl (C=O) groups excluding carboxylic acids is 4. The summed E-state index contributed by atoms with van der Waals surface area (Å²) in [6, 6.07) is 23.2. The molecule has 0 bridgehead atoms. The molecule has 1 aliphatic heterocycles. The highest BCUT2D eigenvalue weighted by Gasteiger charge is 2.33. The van der Waals surface area contributed by atoms with E-state index < -0.39 is 30.1 Å². The van der Waals surface area contributed by atoms with Gasteiger partial charge in [-0.2, -0.15) is 0 Å². The van der Waals surface area contributed by atoms with Crippen LogP contribution < -0.4 is 10.6 Å². The predicted octanol–water partition coefficient (Wildman–Crippen LogP) is 5.83. The lowest BCUT2D eigenvalue weighted by atomic mass is 9.98. The minimum absolute atomic E-state index is 0.0384. The number of hydrogen-bond acceptors (Lipinski definition) is 7. The molecule has 4 unspecified atom stereocenters. The number of aliphatic hydroxyl groups excluding tert-OH is 1. The Bertz CT molecular complexity index is 1650. The average molecular weight is 694 g/mol. The van der Waals surface area contributed by atoms with Crippen molar-refractivity contribution in [1.29, 1.82) is 0 Å². The summed E-state index contributed by atoms with van der Waals surface area (Å²) in [6.07, 6.45) is 4.95. The molecule has 1 fully saturated rings. The number of rotatable bonds is 17. The maximum absolute atomic E-state index is 13.6. The number of aliphatic hydroxyl groups is 1. The minimum Gasteiger partial charge on any atom is -0.462 e. The van der Waals surface area contributed by atoms with Crippen LogP contribution in [0.3, 0.4) is 0 Å². The van der Waals surface area contributed by atoms with E-state index in [-0.39, 0.29) is 62.9 Å². The van der Waals surface area contributed by atoms with Crippen molar-refractivity contribution < 1.29 is 33.8 Å². The molecule has 4 atom stereocenters. The first kappa shape index (κ1) is 37.0. The van der Waals surface area contributed by atoms with Crippen LogP contribution in [-0.2, 0) is 23.9 Å². The molecular weight excluding hydrogens is 646 g/mol. The number of carbonyl (C=O) groups is 4. The highest BCUT2D eigenvalue weighted by atomic mass is 16.6. The van der Waals surface area contributed by atoms with Gasteiger partial charge in [0.2, 0.25) is 11.8 Å². The summed E-state index contributed by atoms with van der Waals surface area (Å²) < 4.78 is 11.4. The van der Waals surface area contributed by atoms with E-state index in [1.807, 2.05) is 66.7 Å². The van der Waals surface area contributed by atoms with E-state index in [1.54, 1.807) is 17.1 Å². The summed E-state index contributed by atoms with van der Waals surface area (Å²) >= 11 is 0. The largest absolute Gasteiger partial charge is 0.462 e. The van der Waals surface area contributed by atoms with E-state index in [1.165, 1.54) is 0 Å². The Morgan fingerprint density at radius 3 is 2.20 bits per heavy atom. The quantitative estimate of drug-likeness (QED) is 0.120. The van der Waals surface area contributed by atoms with Crippen molar-refractivity contribution >= 4 is 23.9 Å². The van der Waals surface area contributed by atoms with Gasteiger partial charge in [-0.15, -0.1) is 13.2 Å². The number of likely N-dealkylation sites (tertiary alicyclic amines) is 1.